The van der Waals surface area contributed by atoms with Gasteiger partial charge in [0.2, 0.25) is 59.2 Å². The number of benzene rings is 6. The van der Waals surface area contributed by atoms with Gasteiger partial charge in [-0.15, -0.1) is 13.2 Å². The van der Waals surface area contributed by atoms with Gasteiger partial charge < -0.3 is 86.6 Å². The van der Waals surface area contributed by atoms with Crippen molar-refractivity contribution in [1.82, 2.24) is 59.6 Å². The van der Waals surface area contributed by atoms with Crippen LogP contribution >= 0.6 is 0 Å². The molecule has 12 aromatic rings. The first kappa shape index (κ1) is 89.6. The van der Waals surface area contributed by atoms with Gasteiger partial charge in [-0.2, -0.15) is 25.2 Å². The van der Waals surface area contributed by atoms with Crippen molar-refractivity contribution in [3.63, 3.8) is 0 Å². The summed E-state index contributed by atoms with van der Waals surface area (Å²) in [4.78, 5) is 92.8. The molecule has 1 saturated heterocycles. The van der Waals surface area contributed by atoms with Gasteiger partial charge in [-0.1, -0.05) is 68.8 Å². The van der Waals surface area contributed by atoms with E-state index < -0.39 is 41.5 Å². The third-order valence-corrected chi connectivity index (χ3v) is 18.5. The lowest BCUT2D eigenvalue weighted by Gasteiger charge is -2.16. The van der Waals surface area contributed by atoms with Crippen molar-refractivity contribution in [1.29, 1.82) is 5.26 Å². The quantitative estimate of drug-likeness (QED) is 0.0118. The van der Waals surface area contributed by atoms with E-state index >= 15 is 0 Å². The Bertz CT molecular complexity index is 6080. The second-order valence-corrected chi connectivity index (χ2v) is 27.3. The van der Waals surface area contributed by atoms with Crippen LogP contribution in [0.2, 0.25) is 0 Å². The third-order valence-electron chi connectivity index (χ3n) is 18.5. The number of methoxy groups -OCH3 is 2. The number of halogens is 7. The average Bonchev–Trinajstić information content (AvgIpc) is 1.68. The molecule has 648 valence electrons. The minimum absolute atomic E-state index is 0.00788. The van der Waals surface area contributed by atoms with Crippen molar-refractivity contribution in [3.8, 4) is 29.3 Å². The van der Waals surface area contributed by atoms with Gasteiger partial charge in [0.1, 0.15) is 24.2 Å². The lowest BCUT2D eigenvalue weighted by atomic mass is 10.0. The van der Waals surface area contributed by atoms with Gasteiger partial charge in [0.05, 0.1) is 81.0 Å². The number of amides is 4. The fraction of sp³-hybridized carbons (Fsp3) is 0.148. The van der Waals surface area contributed by atoms with Crippen LogP contribution in [-0.2, 0) is 38.7 Å². The molecule has 3 aliphatic heterocycles. The number of hydrogen-bond donors (Lipinski definition) is 10. The summed E-state index contributed by atoms with van der Waals surface area (Å²) in [7, 11) is 3.06. The number of hydrogen-bond acceptors (Lipinski definition) is 28. The predicted octanol–water partition coefficient (Wildman–Crippen LogP) is 16.5. The Balaban J connectivity index is 0.000000154. The molecular formula is C88H78F7N23O9. The molecule has 0 bridgehead atoms. The number of fused-ring (bicyclic) bond motifs is 2. The second-order valence-electron chi connectivity index (χ2n) is 27.3. The van der Waals surface area contributed by atoms with Crippen LogP contribution < -0.4 is 71.7 Å². The van der Waals surface area contributed by atoms with Crippen LogP contribution in [-0.4, -0.2) is 135 Å². The number of aliphatic hydroxyl groups excluding tert-OH is 1. The van der Waals surface area contributed by atoms with Crippen molar-refractivity contribution >= 4 is 128 Å². The number of likely N-dealkylation sites (tertiary alicyclic amines) is 1. The maximum absolute atomic E-state index is 14.4. The van der Waals surface area contributed by atoms with E-state index in [-0.39, 0.29) is 82.0 Å². The van der Waals surface area contributed by atoms with Gasteiger partial charge in [0, 0.05) is 102 Å². The van der Waals surface area contributed by atoms with Crippen molar-refractivity contribution in [2.24, 2.45) is 0 Å². The van der Waals surface area contributed by atoms with Crippen molar-refractivity contribution in [2.45, 2.75) is 44.8 Å². The topological polar surface area (TPSA) is 396 Å². The van der Waals surface area contributed by atoms with Crippen LogP contribution in [0.25, 0.3) is 0 Å². The monoisotopic (exact) mass is 1730 g/mol. The number of anilines is 18. The number of pyridine rings is 2. The minimum atomic E-state index is -4.84. The highest BCUT2D eigenvalue weighted by molar-refractivity contribution is 6.03. The first-order chi connectivity index (χ1) is 61.3. The van der Waals surface area contributed by atoms with Crippen LogP contribution in [0.5, 0.6) is 23.3 Å². The maximum atomic E-state index is 14.4. The van der Waals surface area contributed by atoms with Gasteiger partial charge in [0.25, 0.3) is 0 Å². The zero-order valence-electron chi connectivity index (χ0n) is 67.6. The first-order valence-electron chi connectivity index (χ1n) is 38.4. The molecule has 0 aliphatic carbocycles. The van der Waals surface area contributed by atoms with Crippen molar-refractivity contribution in [2.75, 3.05) is 93.2 Å². The zero-order chi connectivity index (χ0) is 90.1. The molecule has 0 saturated carbocycles. The Morgan fingerprint density at radius 3 is 1.46 bits per heavy atom. The molecular weight excluding hydrogens is 1660 g/mol. The van der Waals surface area contributed by atoms with E-state index in [4.69, 9.17) is 19.5 Å². The van der Waals surface area contributed by atoms with E-state index in [1.807, 2.05) is 48.5 Å². The molecule has 0 spiro atoms. The number of aromatic nitrogens is 10. The summed E-state index contributed by atoms with van der Waals surface area (Å²) in [5, 5.41) is 44.8. The number of carbonyl (C=O) groups is 4. The van der Waals surface area contributed by atoms with E-state index in [1.54, 1.807) is 112 Å². The molecule has 0 radical (unpaired) electrons. The predicted molar refractivity (Wildman–Crippen MR) is 462 cm³/mol. The summed E-state index contributed by atoms with van der Waals surface area (Å²) in [5.74, 6) is -1.66. The fourth-order valence-corrected chi connectivity index (χ4v) is 12.4. The highest BCUT2D eigenvalue weighted by Crippen LogP contribution is 2.36. The Morgan fingerprint density at radius 2 is 0.969 bits per heavy atom. The van der Waals surface area contributed by atoms with Gasteiger partial charge in [0.15, 0.2) is 46.5 Å². The summed E-state index contributed by atoms with van der Waals surface area (Å²) in [5.41, 5.74) is 8.96. The number of nitriles is 1. The van der Waals surface area contributed by atoms with Crippen molar-refractivity contribution < 1.29 is 74.0 Å². The SMILES string of the molecule is C=C(C#N)C(O)c1cccc(Nc2nc(Nc3cccc(OC(F)(F)F)c3)ncc2F)c1.C=CC(=O)N1CCc2ccc(Nc3nc(Nc4ccc(OC)nc4)ncc3F)cc21.C=CC(=O)N1Cc2ccc(Nc3nc(Nc4ccc(OC)nc4)ncc3F)cc2C1.C=CC(=O)Nc1cccc(Nc2nc(Nc3cccc(OCCN4CCCC4=O)c3)ncc2F)c1. The summed E-state index contributed by atoms with van der Waals surface area (Å²) in [6.45, 7) is 17.3. The average molecular weight is 1730 g/mol. The number of aliphatic hydroxyl groups is 1. The largest absolute Gasteiger partial charge is 0.573 e. The molecule has 32 nitrogen and oxygen atoms in total. The lowest BCUT2D eigenvalue weighted by Crippen LogP contribution is -2.29. The number of alkyl halides is 3. The molecule has 6 aromatic carbocycles. The zero-order valence-corrected chi connectivity index (χ0v) is 67.6. The van der Waals surface area contributed by atoms with Crippen LogP contribution in [0, 0.1) is 34.6 Å². The van der Waals surface area contributed by atoms with E-state index in [0.717, 1.165) is 84.8 Å². The normalized spacial score (nSPS) is 12.3. The summed E-state index contributed by atoms with van der Waals surface area (Å²) >= 11 is 0. The Morgan fingerprint density at radius 1 is 0.512 bits per heavy atom. The molecule has 127 heavy (non-hydrogen) atoms. The highest BCUT2D eigenvalue weighted by atomic mass is 19.4. The van der Waals surface area contributed by atoms with Crippen LogP contribution in [0.3, 0.4) is 0 Å². The van der Waals surface area contributed by atoms with Crippen LogP contribution in [0.15, 0.2) is 245 Å². The molecule has 9 heterocycles. The first-order valence-corrected chi connectivity index (χ1v) is 38.4. The molecule has 15 rings (SSSR count). The molecule has 1 atom stereocenters. The van der Waals surface area contributed by atoms with Gasteiger partial charge in [-0.05, 0) is 144 Å². The molecule has 3 aliphatic rings. The van der Waals surface area contributed by atoms with E-state index in [9.17, 15) is 55.0 Å². The number of nitrogens with zero attached hydrogens (tertiary/aromatic N) is 14. The molecule has 1 fully saturated rings. The van der Waals surface area contributed by atoms with Crippen LogP contribution in [0.4, 0.5) is 135 Å². The fourth-order valence-electron chi connectivity index (χ4n) is 12.4. The second kappa shape index (κ2) is 42.2. The molecule has 10 N–H and O–H groups in total. The van der Waals surface area contributed by atoms with Crippen LogP contribution in [0.1, 0.15) is 41.2 Å². The van der Waals surface area contributed by atoms with Gasteiger partial charge in [-0.25, -0.2) is 47.5 Å². The maximum Gasteiger partial charge on any atom is 0.573 e. The molecule has 39 heteroatoms. The van der Waals surface area contributed by atoms with E-state index in [0.29, 0.717) is 108 Å². The molecule has 1 unspecified atom stereocenters. The minimum Gasteiger partial charge on any atom is -0.492 e. The van der Waals surface area contributed by atoms with Gasteiger partial charge in [-0.3, -0.25) is 19.2 Å². The highest BCUT2D eigenvalue weighted by Gasteiger charge is 2.32. The molecule has 4 amide bonds. The lowest BCUT2D eigenvalue weighted by molar-refractivity contribution is -0.274. The number of carbonyl (C=O) groups excluding carboxylic acids is 4. The van der Waals surface area contributed by atoms with Crippen molar-refractivity contribution in [3.05, 3.63) is 291 Å². The Labute approximate surface area is 721 Å². The Hall–Kier alpha value is -16.7. The summed E-state index contributed by atoms with van der Waals surface area (Å²) in [6.07, 6.45) is 7.18. The molecule has 6 aromatic heterocycles. The number of nitrogens with one attached hydrogen (secondary N) is 9. The Kier molecular flexibility index (Phi) is 29.8. The standard InChI is InChI=1S/C25H25FN6O3.C21H15F4N5O2.2C21H19FN6O2/c1-2-22(33)28-17-6-3-7-18(14-17)29-24-21(26)16-27-25(31-24)30-19-8-4-9-20(15-19)35-13-12-32-11-5-10-23(32)34;1-12(10-26)18(31)13-4-2-5-14(8-13)28-19-17(22)11-27-20(30-19)29-15-6-3-7-16(9-15)32-21(23,24)25;1-3-19(29)28-11-13-4-5-15(8-14(13)12-28)25-20-17(22)10-24-21(27-20)26-16-6-7-18(30-2)23-9-16;1-3-19(29)28-9-8-13-4-5-14(10-17(13)28)25-20-16(22)12-24-21(27-20)26-15-6-7-18(30-2)23-11-15/h2-4,6-9,14-16H,1,5,10-13H2,(H,28,33)(H2,27,29,30,31);2-9,11,18,31H,1H2,(H2,27,28,29,30);3-10H,1,11-12H2,2H3,(H2,24,25,26,27);3-7,10-12H,1,8-9H2,2H3,(H2,24,25,26,27). The smallest absolute Gasteiger partial charge is 0.492 e. The third kappa shape index (κ3) is 25.3. The van der Waals surface area contributed by atoms with Gasteiger partial charge >= 0.3 is 6.36 Å². The number of ether oxygens (including phenoxy) is 4. The number of rotatable bonds is 29. The van der Waals surface area contributed by atoms with E-state index in [1.165, 1.54) is 44.6 Å². The van der Waals surface area contributed by atoms with E-state index in [2.05, 4.69) is 129 Å². The summed E-state index contributed by atoms with van der Waals surface area (Å²) < 4.78 is 114. The summed E-state index contributed by atoms with van der Waals surface area (Å²) in [6, 6.07) is 45.0.